The zero-order valence-corrected chi connectivity index (χ0v) is 22.5. The molecule has 0 saturated carbocycles. The van der Waals surface area contributed by atoms with E-state index >= 15 is 0 Å². The highest BCUT2D eigenvalue weighted by atomic mass is 35.5. The molecule has 0 fully saturated rings. The Kier molecular flexibility index (Phi) is 7.12. The van der Waals surface area contributed by atoms with Crippen molar-refractivity contribution in [3.8, 4) is 11.1 Å². The van der Waals surface area contributed by atoms with E-state index in [2.05, 4.69) is 10.3 Å². The van der Waals surface area contributed by atoms with Crippen LogP contribution >= 0.6 is 23.2 Å². The van der Waals surface area contributed by atoms with Gasteiger partial charge in [-0.05, 0) is 59.3 Å². The van der Waals surface area contributed by atoms with E-state index in [1.807, 2.05) is 49.4 Å². The maximum atomic E-state index is 13.4. The Balaban J connectivity index is 1.59. The molecule has 0 saturated heterocycles. The molecule has 0 aliphatic rings. The number of nitrogens with one attached hydrogen (secondary N) is 1. The molecule has 196 valence electrons. The number of rotatable bonds is 6. The molecule has 3 aromatic carbocycles. The topological polar surface area (TPSA) is 101 Å². The summed E-state index contributed by atoms with van der Waals surface area (Å²) in [7, 11) is 1.74. The average molecular weight is 560 g/mol. The zero-order chi connectivity index (χ0) is 27.8. The Morgan fingerprint density at radius 1 is 1.00 bits per heavy atom. The van der Waals surface area contributed by atoms with Crippen LogP contribution in [0.4, 0.5) is 0 Å². The molecular formula is C30H23Cl2N3O4. The molecule has 2 aromatic heterocycles. The third kappa shape index (κ3) is 4.87. The number of carbonyl (C=O) groups is 2. The van der Waals surface area contributed by atoms with Crippen molar-refractivity contribution >= 4 is 56.9 Å². The highest BCUT2D eigenvalue weighted by molar-refractivity contribution is 6.39. The molecule has 1 atom stereocenters. The van der Waals surface area contributed by atoms with E-state index in [4.69, 9.17) is 23.2 Å². The van der Waals surface area contributed by atoms with Gasteiger partial charge in [0.2, 0.25) is 0 Å². The first-order valence-electron chi connectivity index (χ1n) is 12.1. The number of aromatic nitrogens is 2. The number of hydrogen-bond donors (Lipinski definition) is 2. The van der Waals surface area contributed by atoms with Crippen molar-refractivity contribution in [1.82, 2.24) is 14.9 Å². The zero-order valence-electron chi connectivity index (χ0n) is 21.0. The lowest BCUT2D eigenvalue weighted by Gasteiger charge is -2.18. The highest BCUT2D eigenvalue weighted by Crippen LogP contribution is 2.32. The number of nitrogens with zero attached hydrogens (tertiary/aromatic N) is 2. The summed E-state index contributed by atoms with van der Waals surface area (Å²) in [5, 5.41) is 14.4. The molecule has 39 heavy (non-hydrogen) atoms. The van der Waals surface area contributed by atoms with Crippen LogP contribution in [0, 0.1) is 6.92 Å². The number of carboxylic acid groups (broad SMARTS) is 1. The van der Waals surface area contributed by atoms with Crippen molar-refractivity contribution in [1.29, 1.82) is 0 Å². The van der Waals surface area contributed by atoms with Crippen molar-refractivity contribution < 1.29 is 14.7 Å². The Bertz CT molecular complexity index is 1830. The molecular weight excluding hydrogens is 537 g/mol. The number of aliphatic carboxylic acids is 1. The maximum Gasteiger partial charge on any atom is 0.326 e. The first-order chi connectivity index (χ1) is 18.7. The lowest BCUT2D eigenvalue weighted by atomic mass is 9.93. The molecule has 2 heterocycles. The van der Waals surface area contributed by atoms with E-state index in [0.717, 1.165) is 21.9 Å². The summed E-state index contributed by atoms with van der Waals surface area (Å²) >= 11 is 12.3. The van der Waals surface area contributed by atoms with Crippen LogP contribution in [-0.4, -0.2) is 32.6 Å². The van der Waals surface area contributed by atoms with Crippen molar-refractivity contribution in [2.24, 2.45) is 7.05 Å². The van der Waals surface area contributed by atoms with Crippen LogP contribution in [0.15, 0.2) is 77.7 Å². The van der Waals surface area contributed by atoms with Crippen molar-refractivity contribution in [2.45, 2.75) is 19.4 Å². The minimum Gasteiger partial charge on any atom is -0.480 e. The van der Waals surface area contributed by atoms with Gasteiger partial charge in [0, 0.05) is 30.6 Å². The van der Waals surface area contributed by atoms with Gasteiger partial charge in [0.1, 0.15) is 6.04 Å². The SMILES string of the molecule is Cc1ccnc2c(C[C@H](NC(=O)c3c(Cl)cccc3Cl)C(=O)O)ccc(-c3cc4ccccc4n(C)c3=O)c12. The second-order valence-electron chi connectivity index (χ2n) is 9.27. The lowest BCUT2D eigenvalue weighted by molar-refractivity contribution is -0.139. The number of amides is 1. The molecule has 7 nitrogen and oxygen atoms in total. The average Bonchev–Trinajstić information content (AvgIpc) is 2.90. The molecule has 2 N–H and O–H groups in total. The van der Waals surface area contributed by atoms with Gasteiger partial charge in [-0.2, -0.15) is 0 Å². The van der Waals surface area contributed by atoms with Crippen molar-refractivity contribution in [3.63, 3.8) is 0 Å². The van der Waals surface area contributed by atoms with E-state index in [1.165, 1.54) is 12.1 Å². The highest BCUT2D eigenvalue weighted by Gasteiger charge is 2.25. The molecule has 0 aliphatic carbocycles. The van der Waals surface area contributed by atoms with Crippen LogP contribution in [0.1, 0.15) is 21.5 Å². The Hall–Kier alpha value is -4.20. The van der Waals surface area contributed by atoms with E-state index in [9.17, 15) is 19.5 Å². The molecule has 0 unspecified atom stereocenters. The van der Waals surface area contributed by atoms with Gasteiger partial charge in [0.25, 0.3) is 11.5 Å². The first-order valence-corrected chi connectivity index (χ1v) is 12.9. The van der Waals surface area contributed by atoms with Gasteiger partial charge in [0.05, 0.1) is 26.6 Å². The molecule has 5 rings (SSSR count). The van der Waals surface area contributed by atoms with Gasteiger partial charge in [-0.3, -0.25) is 14.6 Å². The number of carboxylic acids is 1. The van der Waals surface area contributed by atoms with Gasteiger partial charge in [-0.15, -0.1) is 0 Å². The fourth-order valence-corrected chi connectivity index (χ4v) is 5.43. The van der Waals surface area contributed by atoms with Crippen LogP contribution in [0.2, 0.25) is 10.0 Å². The largest absolute Gasteiger partial charge is 0.480 e. The Morgan fingerprint density at radius 3 is 2.44 bits per heavy atom. The summed E-state index contributed by atoms with van der Waals surface area (Å²) in [4.78, 5) is 43.1. The van der Waals surface area contributed by atoms with E-state index in [0.29, 0.717) is 22.2 Å². The van der Waals surface area contributed by atoms with Crippen molar-refractivity contribution in [2.75, 3.05) is 0 Å². The lowest BCUT2D eigenvalue weighted by Crippen LogP contribution is -2.42. The number of fused-ring (bicyclic) bond motifs is 2. The third-order valence-electron chi connectivity index (χ3n) is 6.82. The predicted molar refractivity (Wildman–Crippen MR) is 154 cm³/mol. The smallest absolute Gasteiger partial charge is 0.326 e. The maximum absolute atomic E-state index is 13.4. The van der Waals surface area contributed by atoms with Gasteiger partial charge in [-0.25, -0.2) is 4.79 Å². The number of carbonyl (C=O) groups excluding carboxylic acids is 1. The molecule has 9 heteroatoms. The summed E-state index contributed by atoms with van der Waals surface area (Å²) < 4.78 is 1.62. The Labute approximate surface area is 233 Å². The van der Waals surface area contributed by atoms with E-state index in [-0.39, 0.29) is 27.6 Å². The number of pyridine rings is 2. The molecule has 0 radical (unpaired) electrons. The third-order valence-corrected chi connectivity index (χ3v) is 7.45. The fourth-order valence-electron chi connectivity index (χ4n) is 4.86. The van der Waals surface area contributed by atoms with E-state index < -0.39 is 17.9 Å². The van der Waals surface area contributed by atoms with Crippen LogP contribution in [0.3, 0.4) is 0 Å². The van der Waals surface area contributed by atoms with Gasteiger partial charge >= 0.3 is 5.97 Å². The van der Waals surface area contributed by atoms with Gasteiger partial charge in [0.15, 0.2) is 0 Å². The second kappa shape index (κ2) is 10.5. The summed E-state index contributed by atoms with van der Waals surface area (Å²) in [5.74, 6) is -1.91. The molecule has 0 bridgehead atoms. The summed E-state index contributed by atoms with van der Waals surface area (Å²) in [5.41, 5.74) is 3.93. The number of halogens is 2. The summed E-state index contributed by atoms with van der Waals surface area (Å²) in [6.45, 7) is 1.92. The number of aryl methyl sites for hydroxylation is 2. The van der Waals surface area contributed by atoms with E-state index in [1.54, 1.807) is 29.9 Å². The van der Waals surface area contributed by atoms with Crippen LogP contribution in [0.5, 0.6) is 0 Å². The second-order valence-corrected chi connectivity index (χ2v) is 10.1. The van der Waals surface area contributed by atoms with Crippen LogP contribution in [0.25, 0.3) is 32.9 Å². The predicted octanol–water partition coefficient (Wildman–Crippen LogP) is 5.79. The summed E-state index contributed by atoms with van der Waals surface area (Å²) in [6, 6.07) is 18.3. The quantitative estimate of drug-likeness (QED) is 0.274. The van der Waals surface area contributed by atoms with Crippen LogP contribution in [-0.2, 0) is 18.3 Å². The molecule has 0 spiro atoms. The van der Waals surface area contributed by atoms with Gasteiger partial charge < -0.3 is 15.0 Å². The number of benzene rings is 3. The van der Waals surface area contributed by atoms with Gasteiger partial charge in [-0.1, -0.05) is 59.6 Å². The normalized spacial score (nSPS) is 12.0. The summed E-state index contributed by atoms with van der Waals surface area (Å²) in [6.07, 6.45) is 1.59. The van der Waals surface area contributed by atoms with Crippen LogP contribution < -0.4 is 10.9 Å². The number of para-hydroxylation sites is 1. The number of hydrogen-bond acceptors (Lipinski definition) is 4. The fraction of sp³-hybridized carbons (Fsp3) is 0.133. The van der Waals surface area contributed by atoms with Crippen molar-refractivity contribution in [3.05, 3.63) is 110 Å². The first kappa shape index (κ1) is 26.4. The monoisotopic (exact) mass is 559 g/mol. The molecule has 0 aliphatic heterocycles. The standard InChI is InChI=1S/C30H23Cl2N3O4/c1-16-12-13-33-27-18(15-23(30(38)39)34-28(36)26-21(31)7-5-8-22(26)32)10-11-19(25(16)27)20-14-17-6-3-4-9-24(17)35(2)29(20)37/h3-14,23H,15H2,1-2H3,(H,34,36)(H,38,39)/t23-/m0/s1. The molecule has 1 amide bonds. The minimum absolute atomic E-state index is 0.00779. The Morgan fingerprint density at radius 2 is 1.72 bits per heavy atom. The molecule has 5 aromatic rings. The minimum atomic E-state index is -1.28.